The van der Waals surface area contributed by atoms with Crippen LogP contribution in [-0.2, 0) is 0 Å². The summed E-state index contributed by atoms with van der Waals surface area (Å²) in [5, 5.41) is 0. The summed E-state index contributed by atoms with van der Waals surface area (Å²) in [4.78, 5) is 2.10. The third-order valence-corrected chi connectivity index (χ3v) is 5.17. The van der Waals surface area contributed by atoms with E-state index in [2.05, 4.69) is 19.1 Å². The fourth-order valence-corrected chi connectivity index (χ4v) is 3.55. The second-order valence-corrected chi connectivity index (χ2v) is 6.43. The number of hydrogen-bond acceptors (Lipinski definition) is 3. The van der Waals surface area contributed by atoms with Crippen molar-refractivity contribution < 1.29 is 4.74 Å². The second kappa shape index (κ2) is 7.46. The summed E-state index contributed by atoms with van der Waals surface area (Å²) in [7, 11) is 0. The van der Waals surface area contributed by atoms with Crippen LogP contribution in [0.3, 0.4) is 0 Å². The van der Waals surface area contributed by atoms with E-state index in [0.29, 0.717) is 12.5 Å². The summed E-state index contributed by atoms with van der Waals surface area (Å²) in [6.07, 6.45) is 6.44. The molecule has 1 aromatic rings. The topological polar surface area (TPSA) is 9.23 Å². The highest BCUT2D eigenvalue weighted by molar-refractivity contribution is 7.93. The Labute approximate surface area is 133 Å². The van der Waals surface area contributed by atoms with Gasteiger partial charge in [0.25, 0.3) is 0 Å². The molecular weight excluding hydrogens is 284 g/mol. The van der Waals surface area contributed by atoms with Crippen LogP contribution in [0.1, 0.15) is 50.2 Å². The smallest absolute Gasteiger partial charge is 0.127 e. The minimum Gasteiger partial charge on any atom is -0.493 e. The van der Waals surface area contributed by atoms with Gasteiger partial charge in [0.1, 0.15) is 5.75 Å². The van der Waals surface area contributed by atoms with Gasteiger partial charge in [-0.2, -0.15) is 0 Å². The minimum atomic E-state index is 0.564. The Morgan fingerprint density at radius 3 is 2.55 bits per heavy atom. The molecule has 1 aliphatic rings. The standard InChI is InChI=1S/C17H24OS2/c1-3-18-15-10-9-12(2)11-14(15)17(20)16(19)13-7-5-4-6-8-13/h9-11,13,19-20H,3-8H2,1-2H3/b17-16-. The zero-order valence-corrected chi connectivity index (χ0v) is 14.1. The zero-order chi connectivity index (χ0) is 14.5. The molecule has 0 heterocycles. The van der Waals surface area contributed by atoms with Gasteiger partial charge in [-0.25, -0.2) is 0 Å². The molecule has 1 aliphatic carbocycles. The molecule has 0 N–H and O–H groups in total. The molecule has 0 bridgehead atoms. The molecule has 1 fully saturated rings. The van der Waals surface area contributed by atoms with E-state index in [1.54, 1.807) is 0 Å². The predicted octanol–water partition coefficient (Wildman–Crippen LogP) is 5.50. The van der Waals surface area contributed by atoms with E-state index in [1.807, 2.05) is 13.0 Å². The van der Waals surface area contributed by atoms with Gasteiger partial charge in [-0.15, -0.1) is 25.3 Å². The molecular formula is C17H24OS2. The first-order chi connectivity index (χ1) is 9.63. The van der Waals surface area contributed by atoms with Crippen molar-refractivity contribution in [1.82, 2.24) is 0 Å². The van der Waals surface area contributed by atoms with Crippen LogP contribution in [0.15, 0.2) is 23.1 Å². The van der Waals surface area contributed by atoms with Crippen molar-refractivity contribution in [2.75, 3.05) is 6.61 Å². The SMILES string of the molecule is CCOc1ccc(C)cc1/C(S)=C(/S)C1CCCCC1. The summed E-state index contributed by atoms with van der Waals surface area (Å²) < 4.78 is 5.73. The molecule has 0 atom stereocenters. The third-order valence-electron chi connectivity index (χ3n) is 3.92. The van der Waals surface area contributed by atoms with E-state index in [-0.39, 0.29) is 0 Å². The van der Waals surface area contributed by atoms with Crippen molar-refractivity contribution in [2.24, 2.45) is 5.92 Å². The lowest BCUT2D eigenvalue weighted by atomic mass is 9.88. The van der Waals surface area contributed by atoms with Gasteiger partial charge < -0.3 is 4.74 Å². The molecule has 1 aromatic carbocycles. The van der Waals surface area contributed by atoms with Crippen molar-refractivity contribution in [2.45, 2.75) is 46.0 Å². The Bertz CT molecular complexity index is 488. The Hall–Kier alpha value is -0.540. The molecule has 3 heteroatoms. The summed E-state index contributed by atoms with van der Waals surface area (Å²) in [6.45, 7) is 4.77. The predicted molar refractivity (Wildman–Crippen MR) is 93.8 cm³/mol. The van der Waals surface area contributed by atoms with Crippen molar-refractivity contribution in [3.05, 3.63) is 34.2 Å². The Morgan fingerprint density at radius 1 is 1.20 bits per heavy atom. The quantitative estimate of drug-likeness (QED) is 0.698. The van der Waals surface area contributed by atoms with Crippen LogP contribution in [0.4, 0.5) is 0 Å². The van der Waals surface area contributed by atoms with Gasteiger partial charge >= 0.3 is 0 Å². The fraction of sp³-hybridized carbons (Fsp3) is 0.529. The molecule has 0 unspecified atom stereocenters. The molecule has 0 radical (unpaired) electrons. The molecule has 110 valence electrons. The van der Waals surface area contributed by atoms with Gasteiger partial charge in [-0.1, -0.05) is 30.9 Å². The van der Waals surface area contributed by atoms with E-state index in [1.165, 1.54) is 37.7 Å². The molecule has 1 saturated carbocycles. The van der Waals surface area contributed by atoms with Crippen LogP contribution in [0.5, 0.6) is 5.75 Å². The molecule has 0 aromatic heterocycles. The number of ether oxygens (including phenoxy) is 1. The Kier molecular flexibility index (Phi) is 5.91. The van der Waals surface area contributed by atoms with Gasteiger partial charge in [0.2, 0.25) is 0 Å². The van der Waals surface area contributed by atoms with Crippen molar-refractivity contribution in [3.8, 4) is 5.75 Å². The fourth-order valence-electron chi connectivity index (χ4n) is 2.82. The second-order valence-electron chi connectivity index (χ2n) is 5.50. The first kappa shape index (κ1) is 15.8. The molecule has 0 aliphatic heterocycles. The summed E-state index contributed by atoms with van der Waals surface area (Å²) >= 11 is 9.53. The number of rotatable bonds is 4. The lowest BCUT2D eigenvalue weighted by Crippen LogP contribution is -2.07. The number of allylic oxidation sites excluding steroid dienone is 1. The first-order valence-corrected chi connectivity index (χ1v) is 8.38. The monoisotopic (exact) mass is 308 g/mol. The lowest BCUT2D eigenvalue weighted by Gasteiger charge is -2.24. The maximum Gasteiger partial charge on any atom is 0.127 e. The highest BCUT2D eigenvalue weighted by atomic mass is 32.1. The van der Waals surface area contributed by atoms with Gasteiger partial charge in [0.05, 0.1) is 6.61 Å². The van der Waals surface area contributed by atoms with Crippen molar-refractivity contribution >= 4 is 30.2 Å². The van der Waals surface area contributed by atoms with Crippen molar-refractivity contribution in [3.63, 3.8) is 0 Å². The molecule has 0 spiro atoms. The van der Waals surface area contributed by atoms with Crippen LogP contribution < -0.4 is 4.74 Å². The zero-order valence-electron chi connectivity index (χ0n) is 12.4. The van der Waals surface area contributed by atoms with Crippen LogP contribution in [0, 0.1) is 12.8 Å². The maximum atomic E-state index is 5.73. The van der Waals surface area contributed by atoms with E-state index >= 15 is 0 Å². The average molecular weight is 309 g/mol. The number of hydrogen-bond donors (Lipinski definition) is 2. The highest BCUT2D eigenvalue weighted by Crippen LogP contribution is 2.40. The summed E-state index contributed by atoms with van der Waals surface area (Å²) in [5.41, 5.74) is 2.30. The lowest BCUT2D eigenvalue weighted by molar-refractivity contribution is 0.339. The molecule has 2 rings (SSSR count). The molecule has 0 amide bonds. The van der Waals surface area contributed by atoms with Crippen LogP contribution >= 0.6 is 25.3 Å². The van der Waals surface area contributed by atoms with Gasteiger partial charge in [0.15, 0.2) is 0 Å². The highest BCUT2D eigenvalue weighted by Gasteiger charge is 2.19. The van der Waals surface area contributed by atoms with E-state index < -0.39 is 0 Å². The van der Waals surface area contributed by atoms with E-state index in [4.69, 9.17) is 30.0 Å². The van der Waals surface area contributed by atoms with Gasteiger partial charge in [0, 0.05) is 10.5 Å². The first-order valence-electron chi connectivity index (χ1n) is 7.49. The van der Waals surface area contributed by atoms with Gasteiger partial charge in [-0.3, -0.25) is 0 Å². The van der Waals surface area contributed by atoms with Crippen molar-refractivity contribution in [1.29, 1.82) is 0 Å². The molecule has 20 heavy (non-hydrogen) atoms. The average Bonchev–Trinajstić information content (AvgIpc) is 2.48. The Balaban J connectivity index is 2.34. The third kappa shape index (κ3) is 3.76. The summed E-state index contributed by atoms with van der Waals surface area (Å²) in [5.74, 6) is 1.47. The minimum absolute atomic E-state index is 0.564. The number of thiol groups is 2. The number of benzene rings is 1. The van der Waals surface area contributed by atoms with Crippen LogP contribution in [0.25, 0.3) is 4.91 Å². The Morgan fingerprint density at radius 2 is 1.90 bits per heavy atom. The maximum absolute atomic E-state index is 5.73. The van der Waals surface area contributed by atoms with E-state index in [9.17, 15) is 0 Å². The van der Waals surface area contributed by atoms with E-state index in [0.717, 1.165) is 21.1 Å². The van der Waals surface area contributed by atoms with Crippen LogP contribution in [-0.4, -0.2) is 6.61 Å². The molecule has 1 nitrogen and oxygen atoms in total. The van der Waals surface area contributed by atoms with Crippen LogP contribution in [0.2, 0.25) is 0 Å². The largest absolute Gasteiger partial charge is 0.493 e. The van der Waals surface area contributed by atoms with Gasteiger partial charge in [-0.05, 0) is 49.6 Å². The molecule has 0 saturated heterocycles. The summed E-state index contributed by atoms with van der Waals surface area (Å²) in [6, 6.07) is 6.26. The normalized spacial score (nSPS) is 17.8. The number of aryl methyl sites for hydroxylation is 1.